The van der Waals surface area contributed by atoms with Gasteiger partial charge in [-0.3, -0.25) is 14.9 Å². The van der Waals surface area contributed by atoms with Crippen LogP contribution in [0.15, 0.2) is 42.5 Å². The normalized spacial score (nSPS) is 18.4. The molecule has 4 rings (SSSR count). The monoisotopic (exact) mass is 381 g/mol. The summed E-state index contributed by atoms with van der Waals surface area (Å²) in [5, 5.41) is 13.0. The highest BCUT2D eigenvalue weighted by Crippen LogP contribution is 2.40. The number of fused-ring (bicyclic) bond motifs is 3. The maximum atomic E-state index is 12.8. The number of aromatic nitrogens is 2. The maximum Gasteiger partial charge on any atom is 0.321 e. The van der Waals surface area contributed by atoms with E-state index in [4.69, 9.17) is 9.47 Å². The summed E-state index contributed by atoms with van der Waals surface area (Å²) in [6, 6.07) is 11.5. The van der Waals surface area contributed by atoms with Crippen LogP contribution in [0, 0.1) is 5.92 Å². The molecule has 0 fully saturated rings. The van der Waals surface area contributed by atoms with Crippen LogP contribution in [0.3, 0.4) is 0 Å². The van der Waals surface area contributed by atoms with Crippen LogP contribution in [-0.4, -0.2) is 40.3 Å². The number of rotatable bonds is 4. The van der Waals surface area contributed by atoms with Gasteiger partial charge in [-0.15, -0.1) is 0 Å². The summed E-state index contributed by atoms with van der Waals surface area (Å²) in [6.45, 7) is 1.84. The Hall–Kier alpha value is -3.55. The van der Waals surface area contributed by atoms with Gasteiger partial charge in [-0.05, 0) is 36.8 Å². The Labute approximate surface area is 160 Å². The van der Waals surface area contributed by atoms with Crippen molar-refractivity contribution in [2.24, 2.45) is 5.92 Å². The Bertz CT molecular complexity index is 1070. The minimum Gasteiger partial charge on any atom is -0.504 e. The molecule has 8 nitrogen and oxygen atoms in total. The molecule has 8 heteroatoms. The number of aromatic hydroxyl groups is 1. The topological polar surface area (TPSA) is 103 Å². The third-order valence-corrected chi connectivity index (χ3v) is 4.79. The van der Waals surface area contributed by atoms with E-state index in [9.17, 15) is 14.7 Å². The van der Waals surface area contributed by atoms with E-state index < -0.39 is 23.8 Å². The first-order valence-corrected chi connectivity index (χ1v) is 8.86. The van der Waals surface area contributed by atoms with Gasteiger partial charge in [0.1, 0.15) is 0 Å². The molecule has 0 aliphatic carbocycles. The Morgan fingerprint density at radius 2 is 2.07 bits per heavy atom. The second-order valence-electron chi connectivity index (χ2n) is 6.39. The third kappa shape index (κ3) is 2.74. The molecule has 0 radical (unpaired) electrons. The zero-order chi connectivity index (χ0) is 19.8. The number of hydrogen-bond acceptors (Lipinski definition) is 6. The van der Waals surface area contributed by atoms with Crippen LogP contribution < -0.4 is 10.1 Å². The summed E-state index contributed by atoms with van der Waals surface area (Å²) >= 11 is 0. The number of amides is 1. The van der Waals surface area contributed by atoms with Crippen molar-refractivity contribution < 1.29 is 24.2 Å². The zero-order valence-electron chi connectivity index (χ0n) is 15.4. The second kappa shape index (κ2) is 6.88. The fraction of sp³-hybridized carbons (Fsp3) is 0.250. The van der Waals surface area contributed by atoms with Crippen molar-refractivity contribution in [1.82, 2.24) is 9.55 Å². The molecular formula is C20H19N3O5. The molecule has 1 aromatic heterocycles. The molecule has 1 aliphatic rings. The molecule has 0 saturated heterocycles. The van der Waals surface area contributed by atoms with Crippen molar-refractivity contribution in [3.05, 3.63) is 48.0 Å². The number of nitrogens with zero attached hydrogens (tertiary/aromatic N) is 2. The summed E-state index contributed by atoms with van der Waals surface area (Å²) in [6.07, 6.45) is 0. The number of phenolic OH excluding ortho intramolecular Hbond substituents is 1. The van der Waals surface area contributed by atoms with Crippen molar-refractivity contribution in [1.29, 1.82) is 0 Å². The van der Waals surface area contributed by atoms with Crippen molar-refractivity contribution >= 4 is 28.9 Å². The lowest BCUT2D eigenvalue weighted by molar-refractivity contribution is -0.152. The van der Waals surface area contributed by atoms with Crippen LogP contribution in [0.5, 0.6) is 11.5 Å². The average Bonchev–Trinajstić information content (AvgIpc) is 3.04. The standard InChI is InChI=1S/C20H19N3O5/c1-3-28-19(26)16-17(11-8-9-15(27-2)14(24)10-11)23-13-7-5-4-6-12(13)21-20(23)22-18(16)25/h4-10,16-17,24H,3H2,1-2H3,(H,21,22,25)/t16-,17-/m0/s1. The fourth-order valence-electron chi connectivity index (χ4n) is 3.60. The first kappa shape index (κ1) is 17.8. The number of benzene rings is 2. The molecule has 0 bridgehead atoms. The zero-order valence-corrected chi connectivity index (χ0v) is 15.4. The summed E-state index contributed by atoms with van der Waals surface area (Å²) in [7, 11) is 1.45. The molecule has 2 aromatic carbocycles. The Morgan fingerprint density at radius 1 is 1.29 bits per heavy atom. The summed E-state index contributed by atoms with van der Waals surface area (Å²) in [5.41, 5.74) is 2.01. The number of methoxy groups -OCH3 is 1. The predicted molar refractivity (Wildman–Crippen MR) is 101 cm³/mol. The molecule has 0 unspecified atom stereocenters. The van der Waals surface area contributed by atoms with E-state index >= 15 is 0 Å². The molecule has 2 N–H and O–H groups in total. The highest BCUT2D eigenvalue weighted by Gasteiger charge is 2.44. The molecule has 28 heavy (non-hydrogen) atoms. The van der Waals surface area contributed by atoms with Gasteiger partial charge in [0, 0.05) is 0 Å². The van der Waals surface area contributed by atoms with Gasteiger partial charge in [-0.25, -0.2) is 4.98 Å². The molecule has 1 amide bonds. The van der Waals surface area contributed by atoms with Gasteiger partial charge in [-0.2, -0.15) is 0 Å². The van der Waals surface area contributed by atoms with E-state index in [0.717, 1.165) is 5.52 Å². The minimum absolute atomic E-state index is 0.0837. The Morgan fingerprint density at radius 3 is 2.79 bits per heavy atom. The lowest BCUT2D eigenvalue weighted by Crippen LogP contribution is -2.43. The van der Waals surface area contributed by atoms with Gasteiger partial charge in [-0.1, -0.05) is 18.2 Å². The van der Waals surface area contributed by atoms with Crippen molar-refractivity contribution in [2.45, 2.75) is 13.0 Å². The van der Waals surface area contributed by atoms with Crippen LogP contribution in [0.25, 0.3) is 11.0 Å². The summed E-state index contributed by atoms with van der Waals surface area (Å²) in [4.78, 5) is 29.9. The van der Waals surface area contributed by atoms with Crippen LogP contribution in [-0.2, 0) is 14.3 Å². The van der Waals surface area contributed by atoms with Crippen LogP contribution >= 0.6 is 0 Å². The minimum atomic E-state index is -1.13. The molecule has 1 aliphatic heterocycles. The van der Waals surface area contributed by atoms with Crippen molar-refractivity contribution in [2.75, 3.05) is 19.0 Å². The Kier molecular flexibility index (Phi) is 4.38. The number of phenols is 1. The molecular weight excluding hydrogens is 362 g/mol. The third-order valence-electron chi connectivity index (χ3n) is 4.79. The number of imidazole rings is 1. The van der Waals surface area contributed by atoms with E-state index in [2.05, 4.69) is 10.3 Å². The number of carbonyl (C=O) groups is 2. The van der Waals surface area contributed by atoms with E-state index in [1.165, 1.54) is 13.2 Å². The second-order valence-corrected chi connectivity index (χ2v) is 6.39. The van der Waals surface area contributed by atoms with Gasteiger partial charge in [0.2, 0.25) is 11.9 Å². The van der Waals surface area contributed by atoms with Crippen LogP contribution in [0.4, 0.5) is 5.95 Å². The van der Waals surface area contributed by atoms with Gasteiger partial charge >= 0.3 is 5.97 Å². The first-order chi connectivity index (χ1) is 13.5. The lowest BCUT2D eigenvalue weighted by Gasteiger charge is -2.32. The van der Waals surface area contributed by atoms with Gasteiger partial charge in [0.15, 0.2) is 17.4 Å². The largest absolute Gasteiger partial charge is 0.504 e. The fourth-order valence-corrected chi connectivity index (χ4v) is 3.60. The SMILES string of the molecule is CCOC(=O)[C@@H]1C(=O)Nc2nc3ccccc3n2[C@H]1c1ccc(OC)c(O)c1. The van der Waals surface area contributed by atoms with Gasteiger partial charge in [0.05, 0.1) is 30.8 Å². The van der Waals surface area contributed by atoms with Gasteiger partial charge in [0.25, 0.3) is 0 Å². The highest BCUT2D eigenvalue weighted by molar-refractivity contribution is 6.07. The number of anilines is 1. The quantitative estimate of drug-likeness (QED) is 0.532. The Balaban J connectivity index is 1.95. The molecule has 2 heterocycles. The smallest absolute Gasteiger partial charge is 0.321 e. The molecule has 0 saturated carbocycles. The molecule has 0 spiro atoms. The number of para-hydroxylation sites is 2. The van der Waals surface area contributed by atoms with E-state index in [1.807, 2.05) is 24.3 Å². The average molecular weight is 381 g/mol. The molecule has 144 valence electrons. The van der Waals surface area contributed by atoms with Crippen LogP contribution in [0.2, 0.25) is 0 Å². The number of esters is 1. The van der Waals surface area contributed by atoms with Crippen LogP contribution in [0.1, 0.15) is 18.5 Å². The highest BCUT2D eigenvalue weighted by atomic mass is 16.5. The maximum absolute atomic E-state index is 12.8. The summed E-state index contributed by atoms with van der Waals surface area (Å²) in [5.74, 6) is -1.71. The van der Waals surface area contributed by atoms with E-state index in [0.29, 0.717) is 22.8 Å². The van der Waals surface area contributed by atoms with Crippen molar-refractivity contribution in [3.63, 3.8) is 0 Å². The van der Waals surface area contributed by atoms with Crippen molar-refractivity contribution in [3.8, 4) is 11.5 Å². The summed E-state index contributed by atoms with van der Waals surface area (Å²) < 4.78 is 12.1. The van der Waals surface area contributed by atoms with E-state index in [-0.39, 0.29) is 12.4 Å². The molecule has 3 aromatic rings. The predicted octanol–water partition coefficient (Wildman–Crippen LogP) is 2.47. The van der Waals surface area contributed by atoms with E-state index in [1.54, 1.807) is 23.6 Å². The lowest BCUT2D eigenvalue weighted by atomic mass is 9.90. The van der Waals surface area contributed by atoms with Gasteiger partial charge < -0.3 is 19.1 Å². The first-order valence-electron chi connectivity index (χ1n) is 8.86. The molecule has 2 atom stereocenters. The number of carbonyl (C=O) groups excluding carboxylic acids is 2. The number of nitrogens with one attached hydrogen (secondary N) is 1. The number of hydrogen-bond donors (Lipinski definition) is 2. The number of ether oxygens (including phenoxy) is 2.